The molecule has 0 unspecified atom stereocenters. The van der Waals surface area contributed by atoms with E-state index in [-0.39, 0.29) is 5.75 Å². The summed E-state index contributed by atoms with van der Waals surface area (Å²) in [5, 5.41) is 0.959. The van der Waals surface area contributed by atoms with Crippen molar-refractivity contribution in [3.63, 3.8) is 0 Å². The highest BCUT2D eigenvalue weighted by Crippen LogP contribution is 2.12. The van der Waals surface area contributed by atoms with Gasteiger partial charge in [-0.25, -0.2) is 18.1 Å². The maximum Gasteiger partial charge on any atom is 0.215 e. The fourth-order valence-corrected chi connectivity index (χ4v) is 3.89. The zero-order valence-corrected chi connectivity index (χ0v) is 13.2. The molecule has 0 atom stereocenters. The minimum absolute atomic E-state index is 0.0244. The van der Waals surface area contributed by atoms with Gasteiger partial charge in [-0.2, -0.15) is 0 Å². The average Bonchev–Trinajstić information content (AvgIpc) is 2.77. The first-order valence-electron chi connectivity index (χ1n) is 6.39. The summed E-state index contributed by atoms with van der Waals surface area (Å²) in [6.45, 7) is 4.30. The molecule has 2 rings (SSSR count). The van der Waals surface area contributed by atoms with Crippen molar-refractivity contribution in [1.82, 2.24) is 9.71 Å². The summed E-state index contributed by atoms with van der Waals surface area (Å²) in [4.78, 5) is 5.36. The van der Waals surface area contributed by atoms with Crippen LogP contribution in [0.1, 0.15) is 21.0 Å². The number of benzene rings is 1. The molecule has 1 aromatic carbocycles. The summed E-state index contributed by atoms with van der Waals surface area (Å²) in [5.41, 5.74) is 1.83. The number of aromatic nitrogens is 1. The Labute approximate surface area is 123 Å². The van der Waals surface area contributed by atoms with Gasteiger partial charge in [-0.1, -0.05) is 24.3 Å². The Morgan fingerprint density at radius 1 is 1.25 bits per heavy atom. The van der Waals surface area contributed by atoms with Crippen LogP contribution in [0.15, 0.2) is 30.5 Å². The molecule has 0 aliphatic heterocycles. The summed E-state index contributed by atoms with van der Waals surface area (Å²) in [7, 11) is -3.29. The standard InChI is InChI=1S/C14H18N2O2S2/c1-11-5-3-4-6-13(11)10-20(17,18)16-8-7-14-15-9-12(2)19-14/h3-6,9,16H,7-8,10H2,1-2H3. The van der Waals surface area contributed by atoms with Gasteiger partial charge in [0.25, 0.3) is 0 Å². The van der Waals surface area contributed by atoms with Crippen LogP contribution < -0.4 is 4.72 Å². The van der Waals surface area contributed by atoms with Gasteiger partial charge in [-0.15, -0.1) is 11.3 Å². The SMILES string of the molecule is Cc1cnc(CCNS(=O)(=O)Cc2ccccc2C)s1. The van der Waals surface area contributed by atoms with E-state index in [1.807, 2.05) is 44.3 Å². The van der Waals surface area contributed by atoms with Gasteiger partial charge in [-0.05, 0) is 25.0 Å². The minimum Gasteiger partial charge on any atom is -0.249 e. The van der Waals surface area contributed by atoms with E-state index in [4.69, 9.17) is 0 Å². The van der Waals surface area contributed by atoms with Gasteiger partial charge in [0.2, 0.25) is 10.0 Å². The second kappa shape index (κ2) is 6.47. The molecule has 0 fully saturated rings. The fraction of sp³-hybridized carbons (Fsp3) is 0.357. The number of thiazole rings is 1. The lowest BCUT2D eigenvalue weighted by Crippen LogP contribution is -2.27. The lowest BCUT2D eigenvalue weighted by atomic mass is 10.1. The van der Waals surface area contributed by atoms with E-state index in [0.29, 0.717) is 13.0 Å². The molecular weight excluding hydrogens is 292 g/mol. The van der Waals surface area contributed by atoms with Crippen molar-refractivity contribution in [3.05, 3.63) is 51.5 Å². The third-order valence-electron chi connectivity index (χ3n) is 2.94. The molecule has 0 saturated heterocycles. The molecule has 0 aliphatic rings. The molecule has 1 N–H and O–H groups in total. The molecule has 0 saturated carbocycles. The summed E-state index contributed by atoms with van der Waals surface area (Å²) >= 11 is 1.60. The molecule has 2 aromatic rings. The van der Waals surface area contributed by atoms with E-state index >= 15 is 0 Å². The molecule has 4 nitrogen and oxygen atoms in total. The van der Waals surface area contributed by atoms with Crippen molar-refractivity contribution >= 4 is 21.4 Å². The van der Waals surface area contributed by atoms with Gasteiger partial charge in [0.1, 0.15) is 0 Å². The van der Waals surface area contributed by atoms with Crippen LogP contribution in [-0.2, 0) is 22.2 Å². The number of sulfonamides is 1. The average molecular weight is 310 g/mol. The second-order valence-corrected chi connectivity index (χ2v) is 7.82. The maximum absolute atomic E-state index is 12.0. The highest BCUT2D eigenvalue weighted by molar-refractivity contribution is 7.88. The van der Waals surface area contributed by atoms with E-state index in [1.165, 1.54) is 0 Å². The van der Waals surface area contributed by atoms with E-state index in [0.717, 1.165) is 21.0 Å². The van der Waals surface area contributed by atoms with Crippen LogP contribution in [0.2, 0.25) is 0 Å². The molecule has 20 heavy (non-hydrogen) atoms. The van der Waals surface area contributed by atoms with Crippen LogP contribution in [0, 0.1) is 13.8 Å². The highest BCUT2D eigenvalue weighted by atomic mass is 32.2. The third kappa shape index (κ3) is 4.40. The molecule has 0 aliphatic carbocycles. The Balaban J connectivity index is 1.90. The van der Waals surface area contributed by atoms with Crippen molar-refractivity contribution in [3.8, 4) is 0 Å². The van der Waals surface area contributed by atoms with E-state index in [1.54, 1.807) is 11.3 Å². The van der Waals surface area contributed by atoms with Gasteiger partial charge in [0, 0.05) is 24.0 Å². The molecule has 0 bridgehead atoms. The molecule has 0 amide bonds. The Kier molecular flexibility index (Phi) is 4.91. The Hall–Kier alpha value is -1.24. The van der Waals surface area contributed by atoms with Crippen molar-refractivity contribution in [2.45, 2.75) is 26.0 Å². The quantitative estimate of drug-likeness (QED) is 0.891. The molecule has 1 heterocycles. The van der Waals surface area contributed by atoms with Gasteiger partial charge < -0.3 is 0 Å². The van der Waals surface area contributed by atoms with Gasteiger partial charge in [-0.3, -0.25) is 0 Å². The summed E-state index contributed by atoms with van der Waals surface area (Å²) in [6, 6.07) is 7.53. The third-order valence-corrected chi connectivity index (χ3v) is 5.24. The molecular formula is C14H18N2O2S2. The van der Waals surface area contributed by atoms with Gasteiger partial charge in [0.15, 0.2) is 0 Å². The first-order valence-corrected chi connectivity index (χ1v) is 8.86. The predicted octanol–water partition coefficient (Wildman–Crippen LogP) is 2.42. The largest absolute Gasteiger partial charge is 0.249 e. The van der Waals surface area contributed by atoms with Gasteiger partial charge in [0.05, 0.1) is 10.8 Å². The Morgan fingerprint density at radius 3 is 2.65 bits per heavy atom. The van der Waals surface area contributed by atoms with Crippen LogP contribution in [-0.4, -0.2) is 19.9 Å². The monoisotopic (exact) mass is 310 g/mol. The normalized spacial score (nSPS) is 11.7. The number of hydrogen-bond acceptors (Lipinski definition) is 4. The number of nitrogens with zero attached hydrogens (tertiary/aromatic N) is 1. The molecule has 0 spiro atoms. The molecule has 0 radical (unpaired) electrons. The first kappa shape index (κ1) is 15.2. The number of aryl methyl sites for hydroxylation is 2. The summed E-state index contributed by atoms with van der Waals surface area (Å²) in [5.74, 6) is 0.0244. The Morgan fingerprint density at radius 2 is 2.00 bits per heavy atom. The van der Waals surface area contributed by atoms with Gasteiger partial charge >= 0.3 is 0 Å². The Bertz CT molecular complexity index is 678. The lowest BCUT2D eigenvalue weighted by Gasteiger charge is -2.08. The van der Waals surface area contributed by atoms with E-state index in [2.05, 4.69) is 9.71 Å². The van der Waals surface area contributed by atoms with Crippen molar-refractivity contribution in [1.29, 1.82) is 0 Å². The highest BCUT2D eigenvalue weighted by Gasteiger charge is 2.12. The van der Waals surface area contributed by atoms with Crippen LogP contribution >= 0.6 is 11.3 Å². The van der Waals surface area contributed by atoms with Crippen molar-refractivity contribution < 1.29 is 8.42 Å². The zero-order valence-electron chi connectivity index (χ0n) is 11.6. The first-order chi connectivity index (χ1) is 9.46. The topological polar surface area (TPSA) is 59.1 Å². The lowest BCUT2D eigenvalue weighted by molar-refractivity contribution is 0.580. The summed E-state index contributed by atoms with van der Waals surface area (Å²) < 4.78 is 26.7. The zero-order chi connectivity index (χ0) is 14.6. The molecule has 6 heteroatoms. The van der Waals surface area contributed by atoms with E-state index in [9.17, 15) is 8.42 Å². The van der Waals surface area contributed by atoms with Crippen molar-refractivity contribution in [2.75, 3.05) is 6.54 Å². The van der Waals surface area contributed by atoms with E-state index < -0.39 is 10.0 Å². The second-order valence-electron chi connectivity index (χ2n) is 4.69. The van der Waals surface area contributed by atoms with Crippen LogP contribution in [0.4, 0.5) is 0 Å². The number of hydrogen-bond donors (Lipinski definition) is 1. The maximum atomic E-state index is 12.0. The summed E-state index contributed by atoms with van der Waals surface area (Å²) in [6.07, 6.45) is 2.44. The van der Waals surface area contributed by atoms with Crippen LogP contribution in [0.3, 0.4) is 0 Å². The number of rotatable bonds is 6. The number of nitrogens with one attached hydrogen (secondary N) is 1. The minimum atomic E-state index is -3.29. The van der Waals surface area contributed by atoms with Crippen molar-refractivity contribution in [2.24, 2.45) is 0 Å². The molecule has 108 valence electrons. The predicted molar refractivity (Wildman–Crippen MR) is 82.4 cm³/mol. The van der Waals surface area contributed by atoms with Crippen LogP contribution in [0.25, 0.3) is 0 Å². The van der Waals surface area contributed by atoms with Crippen LogP contribution in [0.5, 0.6) is 0 Å². The molecule has 1 aromatic heterocycles. The fourth-order valence-electron chi connectivity index (χ4n) is 1.86. The smallest absolute Gasteiger partial charge is 0.215 e.